The minimum atomic E-state index is -3.84. The summed E-state index contributed by atoms with van der Waals surface area (Å²) in [5.41, 5.74) is 0. The van der Waals surface area contributed by atoms with Crippen LogP contribution in [-0.4, -0.2) is 81.2 Å². The van der Waals surface area contributed by atoms with E-state index in [9.17, 15) is 21.6 Å². The normalized spacial score (nSPS) is 20.1. The Hall–Kier alpha value is -0.710. The van der Waals surface area contributed by atoms with Crippen LogP contribution in [0.2, 0.25) is 0 Å². The van der Waals surface area contributed by atoms with E-state index in [2.05, 4.69) is 0 Å². The van der Waals surface area contributed by atoms with Crippen molar-refractivity contribution in [2.45, 2.75) is 6.42 Å². The molecule has 0 radical (unpaired) electrons. The van der Waals surface area contributed by atoms with Crippen molar-refractivity contribution in [3.05, 3.63) is 0 Å². The summed E-state index contributed by atoms with van der Waals surface area (Å²) in [7, 11) is -7.46. The van der Waals surface area contributed by atoms with Gasteiger partial charge >= 0.3 is 5.97 Å². The summed E-state index contributed by atoms with van der Waals surface area (Å²) in [6.07, 6.45) is 1.36. The van der Waals surface area contributed by atoms with Gasteiger partial charge in [-0.15, -0.1) is 0 Å². The Morgan fingerprint density at radius 3 is 2.26 bits per heavy atom. The van der Waals surface area contributed by atoms with E-state index in [1.165, 1.54) is 0 Å². The second-order valence-electron chi connectivity index (χ2n) is 4.58. The third kappa shape index (κ3) is 5.85. The molecule has 10 heteroatoms. The van der Waals surface area contributed by atoms with Crippen LogP contribution in [0, 0.1) is 0 Å². The number of nitrogens with zero attached hydrogens (tertiary/aromatic N) is 2. The fraction of sp³-hybridized carbons (Fsp3) is 0.889. The fourth-order valence-electron chi connectivity index (χ4n) is 1.92. The Morgan fingerprint density at radius 1 is 1.11 bits per heavy atom. The Labute approximate surface area is 113 Å². The maximum absolute atomic E-state index is 11.9. The first-order chi connectivity index (χ1) is 8.60. The highest BCUT2D eigenvalue weighted by Gasteiger charge is 2.28. The molecule has 0 bridgehead atoms. The molecule has 8 nitrogen and oxygen atoms in total. The first-order valence-corrected chi connectivity index (χ1v) is 9.37. The lowest BCUT2D eigenvalue weighted by molar-refractivity contribution is -0.138. The van der Waals surface area contributed by atoms with Gasteiger partial charge in [-0.05, 0) is 6.42 Å². The molecule has 19 heavy (non-hydrogen) atoms. The zero-order valence-corrected chi connectivity index (χ0v) is 12.3. The number of sulfonamides is 1. The third-order valence-corrected chi connectivity index (χ3v) is 6.72. The van der Waals surface area contributed by atoms with Crippen LogP contribution >= 0.6 is 0 Å². The molecule has 0 unspecified atom stereocenters. The summed E-state index contributed by atoms with van der Waals surface area (Å²) in [4.78, 5) is 12.2. The topological polar surface area (TPSA) is 112 Å². The predicted molar refractivity (Wildman–Crippen MR) is 68.9 cm³/mol. The largest absolute Gasteiger partial charge is 0.480 e. The summed E-state index contributed by atoms with van der Waals surface area (Å²) in [6, 6.07) is 0. The number of rotatable bonds is 5. The molecular weight excluding hydrogens is 296 g/mol. The second-order valence-corrected chi connectivity index (χ2v) is 9.05. The lowest BCUT2D eigenvalue weighted by Gasteiger charge is -2.20. The predicted octanol–water partition coefficient (Wildman–Crippen LogP) is -1.59. The number of hydrogen-bond donors (Lipinski definition) is 1. The molecule has 0 aliphatic carbocycles. The fourth-order valence-corrected chi connectivity index (χ4v) is 5.45. The molecule has 0 aromatic rings. The third-order valence-electron chi connectivity index (χ3n) is 2.66. The van der Waals surface area contributed by atoms with Crippen LogP contribution in [0.1, 0.15) is 6.42 Å². The summed E-state index contributed by atoms with van der Waals surface area (Å²) in [5.74, 6) is -0.965. The zero-order valence-electron chi connectivity index (χ0n) is 10.6. The van der Waals surface area contributed by atoms with Gasteiger partial charge in [-0.25, -0.2) is 16.8 Å². The smallest absolute Gasteiger partial charge is 0.317 e. The van der Waals surface area contributed by atoms with Crippen LogP contribution in [0.3, 0.4) is 0 Å². The SMILES string of the molecule is CS(=O)(=O)CS(=O)(=O)N1CCCN(CC(=O)O)CC1. The van der Waals surface area contributed by atoms with Crippen LogP contribution in [0.4, 0.5) is 0 Å². The summed E-state index contributed by atoms with van der Waals surface area (Å²) in [6.45, 7) is 0.964. The lowest BCUT2D eigenvalue weighted by atomic mass is 10.4. The molecule has 1 aliphatic rings. The van der Waals surface area contributed by atoms with Crippen LogP contribution in [0.5, 0.6) is 0 Å². The quantitative estimate of drug-likeness (QED) is 0.651. The number of hydrogen-bond acceptors (Lipinski definition) is 6. The van der Waals surface area contributed by atoms with Crippen molar-refractivity contribution in [2.24, 2.45) is 0 Å². The van der Waals surface area contributed by atoms with Gasteiger partial charge in [-0.3, -0.25) is 9.69 Å². The molecule has 0 saturated carbocycles. The molecule has 1 saturated heterocycles. The highest BCUT2D eigenvalue weighted by atomic mass is 32.3. The molecule has 1 heterocycles. The minimum Gasteiger partial charge on any atom is -0.480 e. The van der Waals surface area contributed by atoms with Crippen molar-refractivity contribution < 1.29 is 26.7 Å². The van der Waals surface area contributed by atoms with Crippen LogP contribution in [-0.2, 0) is 24.7 Å². The Balaban J connectivity index is 2.69. The van der Waals surface area contributed by atoms with E-state index in [0.717, 1.165) is 10.6 Å². The van der Waals surface area contributed by atoms with E-state index in [0.29, 0.717) is 13.0 Å². The van der Waals surface area contributed by atoms with Gasteiger partial charge < -0.3 is 5.11 Å². The maximum Gasteiger partial charge on any atom is 0.317 e. The van der Waals surface area contributed by atoms with E-state index < -0.39 is 30.9 Å². The molecule has 1 rings (SSSR count). The Bertz CT molecular complexity index is 527. The molecular formula is C9H18N2O6S2. The minimum absolute atomic E-state index is 0.116. The van der Waals surface area contributed by atoms with E-state index in [1.807, 2.05) is 0 Å². The molecule has 0 atom stereocenters. The van der Waals surface area contributed by atoms with Crippen molar-refractivity contribution >= 4 is 25.8 Å². The van der Waals surface area contributed by atoms with Gasteiger partial charge in [0.15, 0.2) is 14.9 Å². The first kappa shape index (κ1) is 16.3. The average molecular weight is 314 g/mol. The summed E-state index contributed by atoms with van der Waals surface area (Å²) >= 11 is 0. The van der Waals surface area contributed by atoms with E-state index in [4.69, 9.17) is 5.11 Å². The lowest BCUT2D eigenvalue weighted by Crippen LogP contribution is -2.39. The number of carboxylic acid groups (broad SMARTS) is 1. The van der Waals surface area contributed by atoms with Crippen LogP contribution in [0.25, 0.3) is 0 Å². The van der Waals surface area contributed by atoms with Crippen molar-refractivity contribution in [1.29, 1.82) is 0 Å². The highest BCUT2D eigenvalue weighted by Crippen LogP contribution is 2.10. The molecule has 0 amide bonds. The van der Waals surface area contributed by atoms with Gasteiger partial charge in [0.1, 0.15) is 0 Å². The van der Waals surface area contributed by atoms with Gasteiger partial charge in [0.05, 0.1) is 6.54 Å². The molecule has 0 aromatic carbocycles. The van der Waals surface area contributed by atoms with Crippen LogP contribution < -0.4 is 0 Å². The molecule has 0 aromatic heterocycles. The maximum atomic E-state index is 11.9. The molecule has 1 fully saturated rings. The number of carboxylic acids is 1. The van der Waals surface area contributed by atoms with E-state index in [-0.39, 0.29) is 26.2 Å². The molecule has 1 N–H and O–H groups in total. The van der Waals surface area contributed by atoms with Crippen molar-refractivity contribution in [1.82, 2.24) is 9.21 Å². The highest BCUT2D eigenvalue weighted by molar-refractivity contribution is 8.06. The van der Waals surface area contributed by atoms with Gasteiger partial charge in [0, 0.05) is 32.4 Å². The monoisotopic (exact) mass is 314 g/mol. The van der Waals surface area contributed by atoms with Gasteiger partial charge in [-0.2, -0.15) is 4.31 Å². The zero-order chi connectivity index (χ0) is 14.7. The van der Waals surface area contributed by atoms with Gasteiger partial charge in [-0.1, -0.05) is 0 Å². The standard InChI is InChI=1S/C9H18N2O6S2/c1-18(14,15)8-19(16,17)11-4-2-3-10(5-6-11)7-9(12)13/h2-8H2,1H3,(H,12,13). The van der Waals surface area contributed by atoms with Gasteiger partial charge in [0.2, 0.25) is 10.0 Å². The van der Waals surface area contributed by atoms with Crippen LogP contribution in [0.15, 0.2) is 0 Å². The number of sulfone groups is 1. The van der Waals surface area contributed by atoms with Crippen molar-refractivity contribution in [3.8, 4) is 0 Å². The Morgan fingerprint density at radius 2 is 1.74 bits per heavy atom. The first-order valence-electron chi connectivity index (χ1n) is 5.70. The second kappa shape index (κ2) is 6.16. The average Bonchev–Trinajstić information content (AvgIpc) is 2.38. The van der Waals surface area contributed by atoms with Crippen molar-refractivity contribution in [3.63, 3.8) is 0 Å². The van der Waals surface area contributed by atoms with Gasteiger partial charge in [0.25, 0.3) is 0 Å². The van der Waals surface area contributed by atoms with E-state index >= 15 is 0 Å². The number of aliphatic carboxylic acids is 1. The molecule has 112 valence electrons. The molecule has 0 spiro atoms. The van der Waals surface area contributed by atoms with Crippen molar-refractivity contribution in [2.75, 3.05) is 44.1 Å². The summed E-state index contributed by atoms with van der Waals surface area (Å²) < 4.78 is 47.1. The summed E-state index contributed by atoms with van der Waals surface area (Å²) in [5, 5.41) is 7.78. The molecule has 1 aliphatic heterocycles. The van der Waals surface area contributed by atoms with E-state index in [1.54, 1.807) is 4.90 Å². The Kier molecular flexibility index (Phi) is 5.30. The number of carbonyl (C=O) groups is 1.